The maximum Gasteiger partial charge on any atom is 0.214 e. The molecule has 0 fully saturated rings. The van der Waals surface area contributed by atoms with Crippen LogP contribution in [0.15, 0.2) is 11.0 Å². The molecule has 0 aliphatic heterocycles. The Bertz CT molecular complexity index is 341. The average Bonchev–Trinajstić information content (AvgIpc) is 2.49. The predicted octanol–water partition coefficient (Wildman–Crippen LogP) is 2.74. The number of aromatic nitrogens is 1. The SMILES string of the molecule is CSC(=O)/C(C)=C/c1csc(C)n1. The van der Waals surface area contributed by atoms with E-state index in [1.165, 1.54) is 11.8 Å². The van der Waals surface area contributed by atoms with Crippen molar-refractivity contribution in [2.24, 2.45) is 0 Å². The van der Waals surface area contributed by atoms with Crippen molar-refractivity contribution in [3.63, 3.8) is 0 Å². The van der Waals surface area contributed by atoms with E-state index < -0.39 is 0 Å². The van der Waals surface area contributed by atoms with E-state index in [0.29, 0.717) is 0 Å². The molecule has 0 radical (unpaired) electrons. The van der Waals surface area contributed by atoms with Crippen LogP contribution >= 0.6 is 23.1 Å². The van der Waals surface area contributed by atoms with Gasteiger partial charge in [0.1, 0.15) is 0 Å². The Morgan fingerprint density at radius 2 is 2.38 bits per heavy atom. The van der Waals surface area contributed by atoms with Crippen LogP contribution in [0.3, 0.4) is 0 Å². The smallest absolute Gasteiger partial charge is 0.214 e. The van der Waals surface area contributed by atoms with Crippen molar-refractivity contribution in [2.45, 2.75) is 13.8 Å². The Labute approximate surface area is 86.1 Å². The average molecular weight is 213 g/mol. The number of thioether (sulfide) groups is 1. The van der Waals surface area contributed by atoms with Crippen molar-refractivity contribution in [2.75, 3.05) is 6.26 Å². The molecule has 0 N–H and O–H groups in total. The van der Waals surface area contributed by atoms with Gasteiger partial charge in [0, 0.05) is 11.0 Å². The molecule has 13 heavy (non-hydrogen) atoms. The van der Waals surface area contributed by atoms with Crippen molar-refractivity contribution >= 4 is 34.3 Å². The lowest BCUT2D eigenvalue weighted by atomic mass is 10.3. The van der Waals surface area contributed by atoms with Crippen LogP contribution in [0.4, 0.5) is 0 Å². The molecule has 1 aromatic rings. The molecule has 0 spiro atoms. The van der Waals surface area contributed by atoms with Gasteiger partial charge in [-0.25, -0.2) is 4.98 Å². The summed E-state index contributed by atoms with van der Waals surface area (Å²) in [6.45, 7) is 3.77. The number of hydrogen-bond acceptors (Lipinski definition) is 4. The molecule has 70 valence electrons. The molecule has 0 aliphatic carbocycles. The first-order chi connectivity index (χ1) is 6.13. The lowest BCUT2D eigenvalue weighted by Gasteiger charge is -1.93. The second-order valence-electron chi connectivity index (χ2n) is 2.61. The van der Waals surface area contributed by atoms with Gasteiger partial charge in [0.15, 0.2) is 0 Å². The van der Waals surface area contributed by atoms with Gasteiger partial charge in [-0.05, 0) is 26.2 Å². The molecule has 0 aromatic carbocycles. The zero-order valence-electron chi connectivity index (χ0n) is 7.83. The number of carbonyl (C=O) groups is 1. The van der Waals surface area contributed by atoms with Crippen LogP contribution in [-0.2, 0) is 4.79 Å². The van der Waals surface area contributed by atoms with Gasteiger partial charge in [0.25, 0.3) is 0 Å². The van der Waals surface area contributed by atoms with Gasteiger partial charge >= 0.3 is 0 Å². The van der Waals surface area contributed by atoms with Gasteiger partial charge < -0.3 is 0 Å². The second-order valence-corrected chi connectivity index (χ2v) is 4.45. The van der Waals surface area contributed by atoms with Gasteiger partial charge in [-0.3, -0.25) is 4.79 Å². The van der Waals surface area contributed by atoms with Gasteiger partial charge in [-0.15, -0.1) is 11.3 Å². The Balaban J connectivity index is 2.82. The second kappa shape index (κ2) is 4.58. The van der Waals surface area contributed by atoms with Gasteiger partial charge in [-0.2, -0.15) is 0 Å². The molecule has 2 nitrogen and oxygen atoms in total. The summed E-state index contributed by atoms with van der Waals surface area (Å²) in [4.78, 5) is 15.4. The summed E-state index contributed by atoms with van der Waals surface area (Å²) in [5.41, 5.74) is 1.63. The highest BCUT2D eigenvalue weighted by atomic mass is 32.2. The van der Waals surface area contributed by atoms with Crippen molar-refractivity contribution in [3.8, 4) is 0 Å². The first-order valence-corrected chi connectivity index (χ1v) is 5.92. The molecule has 1 aromatic heterocycles. The molecule has 0 bridgehead atoms. The highest BCUT2D eigenvalue weighted by molar-refractivity contribution is 8.13. The molecule has 0 amide bonds. The van der Waals surface area contributed by atoms with Crippen LogP contribution in [-0.4, -0.2) is 16.4 Å². The summed E-state index contributed by atoms with van der Waals surface area (Å²) >= 11 is 2.82. The summed E-state index contributed by atoms with van der Waals surface area (Å²) < 4.78 is 0. The number of rotatable bonds is 2. The molecule has 0 aliphatic rings. The summed E-state index contributed by atoms with van der Waals surface area (Å²) in [7, 11) is 0. The lowest BCUT2D eigenvalue weighted by Crippen LogP contribution is -1.91. The Morgan fingerprint density at radius 1 is 1.69 bits per heavy atom. The van der Waals surface area contributed by atoms with E-state index >= 15 is 0 Å². The minimum Gasteiger partial charge on any atom is -0.282 e. The fraction of sp³-hybridized carbons (Fsp3) is 0.333. The van der Waals surface area contributed by atoms with E-state index in [1.807, 2.05) is 25.3 Å². The van der Waals surface area contributed by atoms with E-state index in [-0.39, 0.29) is 5.12 Å². The Hall–Kier alpha value is -0.610. The molecule has 0 atom stereocenters. The van der Waals surface area contributed by atoms with Crippen molar-refractivity contribution in [1.82, 2.24) is 4.98 Å². The minimum atomic E-state index is 0.102. The first kappa shape index (κ1) is 10.5. The van der Waals surface area contributed by atoms with E-state index in [9.17, 15) is 4.79 Å². The van der Waals surface area contributed by atoms with E-state index in [0.717, 1.165) is 16.3 Å². The quantitative estimate of drug-likeness (QED) is 0.708. The summed E-state index contributed by atoms with van der Waals surface area (Å²) in [5.74, 6) is 0. The molecule has 4 heteroatoms. The van der Waals surface area contributed by atoms with Crippen LogP contribution < -0.4 is 0 Å². The maximum absolute atomic E-state index is 11.2. The Morgan fingerprint density at radius 3 is 2.85 bits per heavy atom. The Kier molecular flexibility index (Phi) is 3.69. The van der Waals surface area contributed by atoms with Gasteiger partial charge in [0.2, 0.25) is 5.12 Å². The maximum atomic E-state index is 11.2. The fourth-order valence-electron chi connectivity index (χ4n) is 0.888. The molecule has 1 rings (SSSR count). The fourth-order valence-corrected chi connectivity index (χ4v) is 1.84. The van der Waals surface area contributed by atoms with Crippen molar-refractivity contribution in [1.29, 1.82) is 0 Å². The molecular formula is C9H11NOS2. The van der Waals surface area contributed by atoms with Gasteiger partial charge in [0.05, 0.1) is 10.7 Å². The van der Waals surface area contributed by atoms with Crippen molar-refractivity contribution in [3.05, 3.63) is 21.7 Å². The largest absolute Gasteiger partial charge is 0.282 e. The number of carbonyl (C=O) groups excluding carboxylic acids is 1. The van der Waals surface area contributed by atoms with E-state index in [2.05, 4.69) is 4.98 Å². The monoisotopic (exact) mass is 213 g/mol. The normalized spacial score (nSPS) is 11.8. The number of nitrogens with zero attached hydrogens (tertiary/aromatic N) is 1. The number of hydrogen-bond donors (Lipinski definition) is 0. The third-order valence-corrected chi connectivity index (χ3v) is 2.99. The van der Waals surface area contributed by atoms with E-state index in [1.54, 1.807) is 17.6 Å². The first-order valence-electron chi connectivity index (χ1n) is 3.82. The van der Waals surface area contributed by atoms with Crippen LogP contribution in [0.25, 0.3) is 6.08 Å². The third kappa shape index (κ3) is 2.97. The van der Waals surface area contributed by atoms with Crippen LogP contribution in [0.5, 0.6) is 0 Å². The summed E-state index contributed by atoms with van der Waals surface area (Å²) in [5, 5.41) is 3.08. The van der Waals surface area contributed by atoms with Crippen LogP contribution in [0.2, 0.25) is 0 Å². The highest BCUT2D eigenvalue weighted by Crippen LogP contribution is 2.14. The molecule has 1 heterocycles. The van der Waals surface area contributed by atoms with Gasteiger partial charge in [-0.1, -0.05) is 11.8 Å². The number of aryl methyl sites for hydroxylation is 1. The van der Waals surface area contributed by atoms with Crippen LogP contribution in [0.1, 0.15) is 17.6 Å². The topological polar surface area (TPSA) is 30.0 Å². The summed E-state index contributed by atoms with van der Waals surface area (Å²) in [6, 6.07) is 0. The zero-order chi connectivity index (χ0) is 9.84. The minimum absolute atomic E-state index is 0.102. The van der Waals surface area contributed by atoms with Crippen molar-refractivity contribution < 1.29 is 4.79 Å². The lowest BCUT2D eigenvalue weighted by molar-refractivity contribution is -0.107. The van der Waals surface area contributed by atoms with E-state index in [4.69, 9.17) is 0 Å². The summed E-state index contributed by atoms with van der Waals surface area (Å²) in [6.07, 6.45) is 3.61. The molecule has 0 saturated heterocycles. The predicted molar refractivity (Wildman–Crippen MR) is 59.0 cm³/mol. The molecular weight excluding hydrogens is 202 g/mol. The zero-order valence-corrected chi connectivity index (χ0v) is 9.46. The van der Waals surface area contributed by atoms with Crippen LogP contribution in [0, 0.1) is 6.92 Å². The third-order valence-electron chi connectivity index (χ3n) is 1.51. The standard InChI is InChI=1S/C9H11NOS2/c1-6(9(11)12-3)4-8-5-13-7(2)10-8/h4-5H,1-3H3/b6-4+. The number of thiazole rings is 1. The highest BCUT2D eigenvalue weighted by Gasteiger charge is 2.02. The molecule has 0 unspecified atom stereocenters. The molecule has 0 saturated carbocycles.